The summed E-state index contributed by atoms with van der Waals surface area (Å²) < 4.78 is 0.765. The number of rotatable bonds is 2. The molecule has 1 N–H and O–H groups in total. The molecule has 0 saturated carbocycles. The van der Waals surface area contributed by atoms with Gasteiger partial charge in [0.1, 0.15) is 0 Å². The zero-order chi connectivity index (χ0) is 13.9. The van der Waals surface area contributed by atoms with Gasteiger partial charge in [0.2, 0.25) is 0 Å². The molecule has 5 heteroatoms. The Morgan fingerprint density at radius 2 is 2.00 bits per heavy atom. The van der Waals surface area contributed by atoms with Gasteiger partial charge in [-0.05, 0) is 34.1 Å². The Kier molecular flexibility index (Phi) is 3.43. The van der Waals surface area contributed by atoms with Gasteiger partial charge in [-0.3, -0.25) is 14.8 Å². The van der Waals surface area contributed by atoms with Crippen LogP contribution in [-0.2, 0) is 0 Å². The molecule has 0 aliphatic carbocycles. The predicted molar refractivity (Wildman–Crippen MR) is 81.6 cm³/mol. The van der Waals surface area contributed by atoms with Gasteiger partial charge in [0.25, 0.3) is 5.91 Å². The van der Waals surface area contributed by atoms with E-state index in [4.69, 9.17) is 0 Å². The maximum absolute atomic E-state index is 12.2. The Hall–Kier alpha value is -2.27. The highest BCUT2D eigenvalue weighted by Gasteiger charge is 2.09. The number of carbonyl (C=O) groups is 1. The highest BCUT2D eigenvalue weighted by Crippen LogP contribution is 2.21. The van der Waals surface area contributed by atoms with Crippen LogP contribution in [0, 0.1) is 0 Å². The summed E-state index contributed by atoms with van der Waals surface area (Å²) in [7, 11) is 0. The van der Waals surface area contributed by atoms with Crippen LogP contribution in [0.5, 0.6) is 0 Å². The summed E-state index contributed by atoms with van der Waals surface area (Å²) in [6.07, 6.45) is 4.87. The summed E-state index contributed by atoms with van der Waals surface area (Å²) in [6.45, 7) is 0. The van der Waals surface area contributed by atoms with Crippen molar-refractivity contribution in [3.05, 3.63) is 65.0 Å². The molecule has 0 spiro atoms. The summed E-state index contributed by atoms with van der Waals surface area (Å²) >= 11 is 3.30. The number of fused-ring (bicyclic) bond motifs is 1. The van der Waals surface area contributed by atoms with Crippen molar-refractivity contribution in [3.8, 4) is 0 Å². The molecular formula is C15H10BrN3O. The van der Waals surface area contributed by atoms with E-state index < -0.39 is 0 Å². The molecule has 0 radical (unpaired) electrons. The highest BCUT2D eigenvalue weighted by atomic mass is 79.9. The van der Waals surface area contributed by atoms with Gasteiger partial charge in [0.15, 0.2) is 0 Å². The molecule has 98 valence electrons. The lowest BCUT2D eigenvalue weighted by atomic mass is 10.2. The largest absolute Gasteiger partial charge is 0.320 e. The molecule has 2 heterocycles. The zero-order valence-electron chi connectivity index (χ0n) is 10.4. The fourth-order valence-corrected chi connectivity index (χ4v) is 2.30. The molecule has 0 fully saturated rings. The lowest BCUT2D eigenvalue weighted by molar-refractivity contribution is 0.102. The van der Waals surface area contributed by atoms with Crippen LogP contribution in [-0.4, -0.2) is 15.9 Å². The molecule has 0 aliphatic heterocycles. The Morgan fingerprint density at radius 1 is 1.15 bits per heavy atom. The molecule has 20 heavy (non-hydrogen) atoms. The summed E-state index contributed by atoms with van der Waals surface area (Å²) in [6, 6.07) is 11.2. The number of benzene rings is 1. The predicted octanol–water partition coefficient (Wildman–Crippen LogP) is 3.64. The number of amides is 1. The van der Waals surface area contributed by atoms with Gasteiger partial charge in [-0.25, -0.2) is 0 Å². The molecular weight excluding hydrogens is 318 g/mol. The number of carbonyl (C=O) groups excluding carboxylic acids is 1. The third-order valence-corrected chi connectivity index (χ3v) is 3.28. The van der Waals surface area contributed by atoms with Crippen LogP contribution in [0.25, 0.3) is 10.9 Å². The van der Waals surface area contributed by atoms with Crippen LogP contribution in [0.15, 0.2) is 59.5 Å². The van der Waals surface area contributed by atoms with Gasteiger partial charge in [-0.2, -0.15) is 0 Å². The fourth-order valence-electron chi connectivity index (χ4n) is 1.94. The molecule has 0 saturated heterocycles. The quantitative estimate of drug-likeness (QED) is 0.781. The fraction of sp³-hybridized carbons (Fsp3) is 0. The van der Waals surface area contributed by atoms with Crippen LogP contribution in [0.4, 0.5) is 5.69 Å². The van der Waals surface area contributed by atoms with Crippen molar-refractivity contribution in [2.45, 2.75) is 0 Å². The van der Waals surface area contributed by atoms with Crippen LogP contribution in [0.1, 0.15) is 10.4 Å². The monoisotopic (exact) mass is 327 g/mol. The van der Waals surface area contributed by atoms with Gasteiger partial charge in [0.05, 0.1) is 16.8 Å². The van der Waals surface area contributed by atoms with Gasteiger partial charge >= 0.3 is 0 Å². The van der Waals surface area contributed by atoms with E-state index >= 15 is 0 Å². The molecule has 4 nitrogen and oxygen atoms in total. The molecule has 2 aromatic heterocycles. The summed E-state index contributed by atoms with van der Waals surface area (Å²) in [5.41, 5.74) is 1.95. The van der Waals surface area contributed by atoms with Crippen molar-refractivity contribution in [1.29, 1.82) is 0 Å². The van der Waals surface area contributed by atoms with Crippen molar-refractivity contribution >= 4 is 38.4 Å². The van der Waals surface area contributed by atoms with E-state index in [-0.39, 0.29) is 5.91 Å². The maximum atomic E-state index is 12.2. The molecule has 3 rings (SSSR count). The second-order valence-electron chi connectivity index (χ2n) is 4.23. The molecule has 1 amide bonds. The Bertz CT molecular complexity index is 783. The van der Waals surface area contributed by atoms with Crippen LogP contribution >= 0.6 is 15.9 Å². The average Bonchev–Trinajstić information content (AvgIpc) is 2.47. The Balaban J connectivity index is 1.95. The van der Waals surface area contributed by atoms with E-state index in [0.717, 1.165) is 15.4 Å². The molecule has 3 aromatic rings. The molecule has 0 atom stereocenters. The smallest absolute Gasteiger partial charge is 0.257 e. The summed E-state index contributed by atoms with van der Waals surface area (Å²) in [5.74, 6) is -0.211. The molecule has 0 aliphatic rings. The van der Waals surface area contributed by atoms with Crippen LogP contribution < -0.4 is 5.32 Å². The number of aromatic nitrogens is 2. The number of pyridine rings is 2. The SMILES string of the molecule is O=C(Nc1cccc2cccnc12)c1cncc(Br)c1. The van der Waals surface area contributed by atoms with Crippen LogP contribution in [0.3, 0.4) is 0 Å². The van der Waals surface area contributed by atoms with Gasteiger partial charge in [-0.15, -0.1) is 0 Å². The number of anilines is 1. The third-order valence-electron chi connectivity index (χ3n) is 2.85. The number of nitrogens with one attached hydrogen (secondary N) is 1. The minimum absolute atomic E-state index is 0.211. The van der Waals surface area contributed by atoms with E-state index in [2.05, 4.69) is 31.2 Å². The minimum atomic E-state index is -0.211. The van der Waals surface area contributed by atoms with E-state index in [0.29, 0.717) is 11.3 Å². The van der Waals surface area contributed by atoms with E-state index in [1.165, 1.54) is 6.20 Å². The lowest BCUT2D eigenvalue weighted by Crippen LogP contribution is -2.12. The first kappa shape index (κ1) is 12.7. The first-order chi connectivity index (χ1) is 9.74. The Labute approximate surface area is 124 Å². The maximum Gasteiger partial charge on any atom is 0.257 e. The average molecular weight is 328 g/mol. The lowest BCUT2D eigenvalue weighted by Gasteiger charge is -2.07. The van der Waals surface area contributed by atoms with Crippen LogP contribution in [0.2, 0.25) is 0 Å². The summed E-state index contributed by atoms with van der Waals surface area (Å²) in [5, 5.41) is 3.85. The number of hydrogen-bond acceptors (Lipinski definition) is 3. The first-order valence-electron chi connectivity index (χ1n) is 6.00. The Morgan fingerprint density at radius 3 is 2.85 bits per heavy atom. The van der Waals surface area contributed by atoms with E-state index in [9.17, 15) is 4.79 Å². The minimum Gasteiger partial charge on any atom is -0.320 e. The standard InChI is InChI=1S/C15H10BrN3O/c16-12-7-11(8-17-9-12)15(20)19-13-5-1-3-10-4-2-6-18-14(10)13/h1-9H,(H,19,20). The summed E-state index contributed by atoms with van der Waals surface area (Å²) in [4.78, 5) is 20.5. The highest BCUT2D eigenvalue weighted by molar-refractivity contribution is 9.10. The number of nitrogens with zero attached hydrogens (tertiary/aromatic N) is 2. The topological polar surface area (TPSA) is 54.9 Å². The number of hydrogen-bond donors (Lipinski definition) is 1. The van der Waals surface area contributed by atoms with Crippen molar-refractivity contribution in [3.63, 3.8) is 0 Å². The third kappa shape index (κ3) is 2.53. The van der Waals surface area contributed by atoms with Crippen molar-refractivity contribution in [2.24, 2.45) is 0 Å². The van der Waals surface area contributed by atoms with Gasteiger partial charge in [0, 0.05) is 28.4 Å². The van der Waals surface area contributed by atoms with E-state index in [1.807, 2.05) is 30.3 Å². The normalized spacial score (nSPS) is 10.4. The van der Waals surface area contributed by atoms with Crippen molar-refractivity contribution in [2.75, 3.05) is 5.32 Å². The second-order valence-corrected chi connectivity index (χ2v) is 5.14. The van der Waals surface area contributed by atoms with E-state index in [1.54, 1.807) is 18.5 Å². The number of para-hydroxylation sites is 1. The first-order valence-corrected chi connectivity index (χ1v) is 6.79. The molecule has 0 unspecified atom stereocenters. The molecule has 1 aromatic carbocycles. The second kappa shape index (κ2) is 5.38. The van der Waals surface area contributed by atoms with Gasteiger partial charge in [-0.1, -0.05) is 18.2 Å². The number of halogens is 1. The molecule has 0 bridgehead atoms. The van der Waals surface area contributed by atoms with Crippen molar-refractivity contribution < 1.29 is 4.79 Å². The van der Waals surface area contributed by atoms with Crippen molar-refractivity contribution in [1.82, 2.24) is 9.97 Å². The van der Waals surface area contributed by atoms with Gasteiger partial charge < -0.3 is 5.32 Å². The zero-order valence-corrected chi connectivity index (χ0v) is 12.0.